The molecule has 4 heteroatoms. The van der Waals surface area contributed by atoms with Crippen LogP contribution in [0, 0.1) is 18.3 Å². The van der Waals surface area contributed by atoms with Crippen molar-refractivity contribution in [2.75, 3.05) is 6.61 Å². The Morgan fingerprint density at radius 3 is 2.57 bits per heavy atom. The highest BCUT2D eigenvalue weighted by molar-refractivity contribution is 7.99. The lowest BCUT2D eigenvalue weighted by Gasteiger charge is -2.07. The predicted molar refractivity (Wildman–Crippen MR) is 92.0 cm³/mol. The summed E-state index contributed by atoms with van der Waals surface area (Å²) in [6.07, 6.45) is 1.58. The highest BCUT2D eigenvalue weighted by atomic mass is 32.2. The summed E-state index contributed by atoms with van der Waals surface area (Å²) >= 11 is 1.59. The fourth-order valence-electron chi connectivity index (χ4n) is 1.93. The molecule has 2 rings (SSSR count). The molecule has 0 saturated heterocycles. The summed E-state index contributed by atoms with van der Waals surface area (Å²) in [5.74, 6) is -0.592. The van der Waals surface area contributed by atoms with Gasteiger partial charge in [0.2, 0.25) is 0 Å². The number of carbonyl (C=O) groups is 1. The van der Waals surface area contributed by atoms with Gasteiger partial charge >= 0.3 is 5.97 Å². The van der Waals surface area contributed by atoms with Crippen molar-refractivity contribution in [2.45, 2.75) is 23.6 Å². The van der Waals surface area contributed by atoms with E-state index in [0.29, 0.717) is 0 Å². The van der Waals surface area contributed by atoms with Gasteiger partial charge in [0, 0.05) is 9.79 Å². The molecule has 116 valence electrons. The molecule has 0 fully saturated rings. The van der Waals surface area contributed by atoms with Crippen molar-refractivity contribution in [3.05, 3.63) is 65.2 Å². The fourth-order valence-corrected chi connectivity index (χ4v) is 2.84. The van der Waals surface area contributed by atoms with E-state index >= 15 is 0 Å². The molecule has 2 aromatic carbocycles. The molecule has 0 N–H and O–H groups in total. The Kier molecular flexibility index (Phi) is 6.02. The van der Waals surface area contributed by atoms with E-state index in [-0.39, 0.29) is 12.2 Å². The largest absolute Gasteiger partial charge is 0.462 e. The molecule has 0 aromatic heterocycles. The van der Waals surface area contributed by atoms with Gasteiger partial charge in [-0.15, -0.1) is 0 Å². The first-order valence-electron chi connectivity index (χ1n) is 7.26. The van der Waals surface area contributed by atoms with Crippen LogP contribution in [0.1, 0.15) is 18.1 Å². The van der Waals surface area contributed by atoms with Gasteiger partial charge in [0.15, 0.2) is 0 Å². The van der Waals surface area contributed by atoms with Crippen LogP contribution in [0.3, 0.4) is 0 Å². The fraction of sp³-hybridized carbons (Fsp3) is 0.158. The van der Waals surface area contributed by atoms with Crippen molar-refractivity contribution in [1.82, 2.24) is 0 Å². The summed E-state index contributed by atoms with van der Waals surface area (Å²) in [5.41, 5.74) is 2.03. The molecule has 0 unspecified atom stereocenters. The molecule has 0 heterocycles. The van der Waals surface area contributed by atoms with E-state index in [1.165, 1.54) is 5.56 Å². The van der Waals surface area contributed by atoms with Crippen molar-refractivity contribution >= 4 is 23.8 Å². The van der Waals surface area contributed by atoms with Crippen LogP contribution in [0.5, 0.6) is 0 Å². The van der Waals surface area contributed by atoms with Crippen LogP contribution in [0.25, 0.3) is 6.08 Å². The maximum Gasteiger partial charge on any atom is 0.348 e. The lowest BCUT2D eigenvalue weighted by Crippen LogP contribution is -2.06. The molecule has 0 spiro atoms. The first-order valence-corrected chi connectivity index (χ1v) is 8.08. The first-order chi connectivity index (χ1) is 11.1. The van der Waals surface area contributed by atoms with E-state index in [1.54, 1.807) is 24.8 Å². The summed E-state index contributed by atoms with van der Waals surface area (Å²) in [4.78, 5) is 13.8. The highest BCUT2D eigenvalue weighted by Crippen LogP contribution is 2.31. The van der Waals surface area contributed by atoms with Crippen LogP contribution in [-0.4, -0.2) is 12.6 Å². The standard InChI is InChI=1S/C19H17NO2S/c1-3-22-19(21)16(13-20)12-15-6-4-5-7-18(15)23-17-10-8-14(2)9-11-17/h4-12H,3H2,1-2H3. The van der Waals surface area contributed by atoms with Crippen LogP contribution in [-0.2, 0) is 9.53 Å². The van der Waals surface area contributed by atoms with E-state index in [2.05, 4.69) is 24.3 Å². The van der Waals surface area contributed by atoms with Gasteiger partial charge in [0.25, 0.3) is 0 Å². The Labute approximate surface area is 140 Å². The monoisotopic (exact) mass is 323 g/mol. The van der Waals surface area contributed by atoms with Crippen molar-refractivity contribution < 1.29 is 9.53 Å². The predicted octanol–water partition coefficient (Wildman–Crippen LogP) is 4.62. The Bertz CT molecular complexity index is 758. The number of esters is 1. The lowest BCUT2D eigenvalue weighted by atomic mass is 10.1. The maximum absolute atomic E-state index is 11.8. The van der Waals surface area contributed by atoms with Gasteiger partial charge < -0.3 is 4.74 Å². The summed E-state index contributed by atoms with van der Waals surface area (Å²) in [6, 6.07) is 17.8. The number of carbonyl (C=O) groups excluding carboxylic acids is 1. The SMILES string of the molecule is CCOC(=O)C(C#N)=Cc1ccccc1Sc1ccc(C)cc1. The molecule has 0 aliphatic carbocycles. The quantitative estimate of drug-likeness (QED) is 0.458. The van der Waals surface area contributed by atoms with Gasteiger partial charge in [-0.3, -0.25) is 0 Å². The second kappa shape index (κ2) is 8.21. The number of benzene rings is 2. The summed E-state index contributed by atoms with van der Waals surface area (Å²) in [5, 5.41) is 9.17. The van der Waals surface area contributed by atoms with Gasteiger partial charge in [-0.2, -0.15) is 5.26 Å². The average molecular weight is 323 g/mol. The molecule has 0 saturated carbocycles. The number of hydrogen-bond acceptors (Lipinski definition) is 4. The van der Waals surface area contributed by atoms with Crippen molar-refractivity contribution in [3.8, 4) is 6.07 Å². The number of ether oxygens (including phenoxy) is 1. The van der Waals surface area contributed by atoms with E-state index in [0.717, 1.165) is 15.4 Å². The molecule has 2 aromatic rings. The molecule has 0 radical (unpaired) electrons. The van der Waals surface area contributed by atoms with Gasteiger partial charge in [-0.05, 0) is 43.7 Å². The van der Waals surface area contributed by atoms with Crippen molar-refractivity contribution in [1.29, 1.82) is 5.26 Å². The van der Waals surface area contributed by atoms with Crippen LogP contribution in [0.15, 0.2) is 63.9 Å². The van der Waals surface area contributed by atoms with Crippen LogP contribution >= 0.6 is 11.8 Å². The van der Waals surface area contributed by atoms with Crippen molar-refractivity contribution in [3.63, 3.8) is 0 Å². The number of rotatable bonds is 5. The van der Waals surface area contributed by atoms with Crippen LogP contribution in [0.4, 0.5) is 0 Å². The molecule has 0 aliphatic rings. The second-order valence-corrected chi connectivity index (χ2v) is 5.96. The third-order valence-corrected chi connectivity index (χ3v) is 4.18. The van der Waals surface area contributed by atoms with E-state index in [1.807, 2.05) is 37.3 Å². The zero-order chi connectivity index (χ0) is 16.7. The van der Waals surface area contributed by atoms with Gasteiger partial charge in [-0.1, -0.05) is 47.7 Å². The molecule has 0 aliphatic heterocycles. The Balaban J connectivity index is 2.31. The Morgan fingerprint density at radius 2 is 1.91 bits per heavy atom. The van der Waals surface area contributed by atoms with E-state index in [4.69, 9.17) is 10.00 Å². The van der Waals surface area contributed by atoms with E-state index in [9.17, 15) is 4.79 Å². The van der Waals surface area contributed by atoms with Gasteiger partial charge in [0.1, 0.15) is 11.6 Å². The van der Waals surface area contributed by atoms with Gasteiger partial charge in [-0.25, -0.2) is 4.79 Å². The molecule has 0 amide bonds. The molecule has 23 heavy (non-hydrogen) atoms. The number of nitriles is 1. The maximum atomic E-state index is 11.8. The summed E-state index contributed by atoms with van der Waals surface area (Å²) in [7, 11) is 0. The number of aryl methyl sites for hydroxylation is 1. The lowest BCUT2D eigenvalue weighted by molar-refractivity contribution is -0.137. The van der Waals surface area contributed by atoms with Gasteiger partial charge in [0.05, 0.1) is 6.61 Å². The van der Waals surface area contributed by atoms with Crippen LogP contribution < -0.4 is 0 Å². The van der Waals surface area contributed by atoms with Crippen molar-refractivity contribution in [2.24, 2.45) is 0 Å². The first kappa shape index (κ1) is 16.9. The minimum absolute atomic E-state index is 0.00352. The minimum atomic E-state index is -0.592. The Hall–Kier alpha value is -2.51. The zero-order valence-electron chi connectivity index (χ0n) is 13.1. The second-order valence-electron chi connectivity index (χ2n) is 4.84. The summed E-state index contributed by atoms with van der Waals surface area (Å²) in [6.45, 7) is 4.01. The van der Waals surface area contributed by atoms with Crippen LogP contribution in [0.2, 0.25) is 0 Å². The topological polar surface area (TPSA) is 50.1 Å². The smallest absolute Gasteiger partial charge is 0.348 e. The minimum Gasteiger partial charge on any atom is -0.462 e. The zero-order valence-corrected chi connectivity index (χ0v) is 13.9. The highest BCUT2D eigenvalue weighted by Gasteiger charge is 2.11. The molecule has 3 nitrogen and oxygen atoms in total. The number of hydrogen-bond donors (Lipinski definition) is 0. The molecule has 0 bridgehead atoms. The third kappa shape index (κ3) is 4.73. The molecular weight excluding hydrogens is 306 g/mol. The summed E-state index contributed by atoms with van der Waals surface area (Å²) < 4.78 is 4.90. The molecular formula is C19H17NO2S. The number of nitrogens with zero attached hydrogens (tertiary/aromatic N) is 1. The van der Waals surface area contributed by atoms with E-state index < -0.39 is 5.97 Å². The third-order valence-electron chi connectivity index (χ3n) is 3.08. The normalized spacial score (nSPS) is 10.9. The Morgan fingerprint density at radius 1 is 1.22 bits per heavy atom. The average Bonchev–Trinajstić information content (AvgIpc) is 2.56. The molecule has 0 atom stereocenters.